The zero-order valence-corrected chi connectivity index (χ0v) is 13.0. The second-order valence-corrected chi connectivity index (χ2v) is 6.44. The van der Waals surface area contributed by atoms with E-state index < -0.39 is 0 Å². The second-order valence-electron chi connectivity index (χ2n) is 5.52. The summed E-state index contributed by atoms with van der Waals surface area (Å²) in [5, 5.41) is 3.58. The van der Waals surface area contributed by atoms with E-state index in [0.29, 0.717) is 6.04 Å². The van der Waals surface area contributed by atoms with E-state index in [2.05, 4.69) is 58.0 Å². The zero-order valence-electron chi connectivity index (χ0n) is 11.4. The summed E-state index contributed by atoms with van der Waals surface area (Å²) in [6, 6.07) is 2.72. The Bertz CT molecular complexity index is 410. The Morgan fingerprint density at radius 3 is 3.00 bits per heavy atom. The van der Waals surface area contributed by atoms with E-state index in [1.54, 1.807) is 0 Å². The molecule has 2 unspecified atom stereocenters. The Morgan fingerprint density at radius 1 is 1.56 bits per heavy atom. The van der Waals surface area contributed by atoms with E-state index in [-0.39, 0.29) is 5.54 Å². The van der Waals surface area contributed by atoms with E-state index in [1.165, 1.54) is 5.56 Å². The lowest BCUT2D eigenvalue weighted by molar-refractivity contribution is 0.0452. The molecule has 1 saturated heterocycles. The standard InChI is InChI=1S/C14H22BrN3/c1-4-14(3)10-17-11(2)8-18(14)9-12-5-13(15)7-16-6-12/h5-7,11,17H,4,8-10H2,1-3H3. The van der Waals surface area contributed by atoms with Crippen molar-refractivity contribution < 1.29 is 0 Å². The Balaban J connectivity index is 2.14. The van der Waals surface area contributed by atoms with E-state index in [4.69, 9.17) is 0 Å². The first-order valence-electron chi connectivity index (χ1n) is 6.61. The Labute approximate surface area is 118 Å². The molecule has 100 valence electrons. The minimum Gasteiger partial charge on any atom is -0.311 e. The van der Waals surface area contributed by atoms with Gasteiger partial charge in [0.1, 0.15) is 0 Å². The fourth-order valence-corrected chi connectivity index (χ4v) is 2.90. The van der Waals surface area contributed by atoms with Crippen LogP contribution in [0.5, 0.6) is 0 Å². The number of rotatable bonds is 3. The number of hydrogen-bond acceptors (Lipinski definition) is 3. The van der Waals surface area contributed by atoms with Crippen LogP contribution >= 0.6 is 15.9 Å². The fourth-order valence-electron chi connectivity index (χ4n) is 2.49. The van der Waals surface area contributed by atoms with Crippen molar-refractivity contribution >= 4 is 15.9 Å². The van der Waals surface area contributed by atoms with Gasteiger partial charge in [-0.05, 0) is 47.8 Å². The number of halogens is 1. The first-order valence-corrected chi connectivity index (χ1v) is 7.40. The lowest BCUT2D eigenvalue weighted by Gasteiger charge is -2.47. The highest BCUT2D eigenvalue weighted by atomic mass is 79.9. The fraction of sp³-hybridized carbons (Fsp3) is 0.643. The monoisotopic (exact) mass is 311 g/mol. The molecule has 0 aliphatic carbocycles. The van der Waals surface area contributed by atoms with Gasteiger partial charge < -0.3 is 5.32 Å². The van der Waals surface area contributed by atoms with Gasteiger partial charge in [-0.3, -0.25) is 9.88 Å². The van der Waals surface area contributed by atoms with Gasteiger partial charge >= 0.3 is 0 Å². The minimum atomic E-state index is 0.245. The van der Waals surface area contributed by atoms with Gasteiger partial charge in [-0.1, -0.05) is 6.92 Å². The minimum absolute atomic E-state index is 0.245. The van der Waals surface area contributed by atoms with Crippen LogP contribution in [0, 0.1) is 0 Å². The number of aromatic nitrogens is 1. The molecule has 1 aliphatic heterocycles. The van der Waals surface area contributed by atoms with E-state index in [9.17, 15) is 0 Å². The van der Waals surface area contributed by atoms with Crippen molar-refractivity contribution in [1.29, 1.82) is 0 Å². The maximum absolute atomic E-state index is 4.25. The molecule has 1 aromatic rings. The third kappa shape index (κ3) is 3.11. The van der Waals surface area contributed by atoms with Crippen molar-refractivity contribution in [3.8, 4) is 0 Å². The van der Waals surface area contributed by atoms with Crippen LogP contribution in [0.3, 0.4) is 0 Å². The molecule has 1 aliphatic rings. The number of nitrogens with one attached hydrogen (secondary N) is 1. The first kappa shape index (κ1) is 14.0. The molecule has 18 heavy (non-hydrogen) atoms. The number of nitrogens with zero attached hydrogens (tertiary/aromatic N) is 2. The lowest BCUT2D eigenvalue weighted by atomic mass is 9.92. The third-order valence-electron chi connectivity index (χ3n) is 3.99. The van der Waals surface area contributed by atoms with Gasteiger partial charge in [0.15, 0.2) is 0 Å². The summed E-state index contributed by atoms with van der Waals surface area (Å²) in [4.78, 5) is 6.83. The van der Waals surface area contributed by atoms with Crippen LogP contribution in [0.4, 0.5) is 0 Å². The summed E-state index contributed by atoms with van der Waals surface area (Å²) in [5.74, 6) is 0. The van der Waals surface area contributed by atoms with Gasteiger partial charge in [0.2, 0.25) is 0 Å². The second kappa shape index (κ2) is 5.68. The van der Waals surface area contributed by atoms with Crippen molar-refractivity contribution in [3.05, 3.63) is 28.5 Å². The van der Waals surface area contributed by atoms with Crippen molar-refractivity contribution in [3.63, 3.8) is 0 Å². The number of piperazine rings is 1. The highest BCUT2D eigenvalue weighted by molar-refractivity contribution is 9.10. The van der Waals surface area contributed by atoms with Crippen LogP contribution < -0.4 is 5.32 Å². The predicted molar refractivity (Wildman–Crippen MR) is 78.5 cm³/mol. The topological polar surface area (TPSA) is 28.2 Å². The Morgan fingerprint density at radius 2 is 2.33 bits per heavy atom. The molecule has 2 atom stereocenters. The molecule has 1 aromatic heterocycles. The van der Waals surface area contributed by atoms with Crippen LogP contribution in [0.2, 0.25) is 0 Å². The van der Waals surface area contributed by atoms with Gasteiger partial charge in [0, 0.05) is 48.1 Å². The molecule has 1 fully saturated rings. The van der Waals surface area contributed by atoms with Crippen molar-refractivity contribution in [2.24, 2.45) is 0 Å². The maximum atomic E-state index is 4.25. The van der Waals surface area contributed by atoms with Gasteiger partial charge in [0.05, 0.1) is 0 Å². The molecule has 1 N–H and O–H groups in total. The molecule has 0 amide bonds. The summed E-state index contributed by atoms with van der Waals surface area (Å²) in [5.41, 5.74) is 1.52. The first-order chi connectivity index (χ1) is 8.53. The van der Waals surface area contributed by atoms with Crippen LogP contribution in [0.1, 0.15) is 32.8 Å². The highest BCUT2D eigenvalue weighted by Crippen LogP contribution is 2.25. The van der Waals surface area contributed by atoms with Gasteiger partial charge in [-0.25, -0.2) is 0 Å². The quantitative estimate of drug-likeness (QED) is 0.930. The molecule has 3 nitrogen and oxygen atoms in total. The van der Waals surface area contributed by atoms with Crippen molar-refractivity contribution in [1.82, 2.24) is 15.2 Å². The third-order valence-corrected chi connectivity index (χ3v) is 4.42. The Kier molecular flexibility index (Phi) is 4.41. The molecule has 0 bridgehead atoms. The maximum Gasteiger partial charge on any atom is 0.0410 e. The van der Waals surface area contributed by atoms with Crippen molar-refractivity contribution in [2.75, 3.05) is 13.1 Å². The van der Waals surface area contributed by atoms with Crippen LogP contribution in [0.25, 0.3) is 0 Å². The van der Waals surface area contributed by atoms with Crippen molar-refractivity contribution in [2.45, 2.75) is 45.3 Å². The summed E-state index contributed by atoms with van der Waals surface area (Å²) in [6.07, 6.45) is 4.96. The van der Waals surface area contributed by atoms with E-state index in [0.717, 1.165) is 30.5 Å². The van der Waals surface area contributed by atoms with Crippen LogP contribution in [-0.2, 0) is 6.54 Å². The van der Waals surface area contributed by atoms with Crippen LogP contribution in [0.15, 0.2) is 22.9 Å². The predicted octanol–water partition coefficient (Wildman–Crippen LogP) is 2.81. The van der Waals surface area contributed by atoms with Gasteiger partial charge in [-0.2, -0.15) is 0 Å². The lowest BCUT2D eigenvalue weighted by Crippen LogP contribution is -2.61. The number of hydrogen-bond donors (Lipinski definition) is 1. The molecule has 0 radical (unpaired) electrons. The van der Waals surface area contributed by atoms with E-state index in [1.807, 2.05) is 12.4 Å². The highest BCUT2D eigenvalue weighted by Gasteiger charge is 2.34. The number of pyridine rings is 1. The van der Waals surface area contributed by atoms with Gasteiger partial charge in [0.25, 0.3) is 0 Å². The molecule has 0 saturated carbocycles. The van der Waals surface area contributed by atoms with Gasteiger partial charge in [-0.15, -0.1) is 0 Å². The summed E-state index contributed by atoms with van der Waals surface area (Å²) < 4.78 is 1.06. The summed E-state index contributed by atoms with van der Waals surface area (Å²) in [7, 11) is 0. The normalized spacial score (nSPS) is 29.4. The molecule has 2 rings (SSSR count). The summed E-state index contributed by atoms with van der Waals surface area (Å²) >= 11 is 3.49. The molecule has 0 spiro atoms. The van der Waals surface area contributed by atoms with E-state index >= 15 is 0 Å². The molecular weight excluding hydrogens is 290 g/mol. The molecular formula is C14H22BrN3. The molecule has 4 heteroatoms. The zero-order chi connectivity index (χ0) is 13.2. The smallest absolute Gasteiger partial charge is 0.0410 e. The Hall–Kier alpha value is -0.450. The molecule has 2 heterocycles. The largest absolute Gasteiger partial charge is 0.311 e. The molecule has 0 aromatic carbocycles. The average Bonchev–Trinajstić information content (AvgIpc) is 2.34. The summed E-state index contributed by atoms with van der Waals surface area (Å²) in [6.45, 7) is 9.99. The van der Waals surface area contributed by atoms with Crippen LogP contribution in [-0.4, -0.2) is 34.6 Å². The average molecular weight is 312 g/mol. The SMILES string of the molecule is CCC1(C)CNC(C)CN1Cc1cncc(Br)c1.